The second-order valence-electron chi connectivity index (χ2n) is 5.02. The second-order valence-corrected chi connectivity index (χ2v) is 6.08. The van der Waals surface area contributed by atoms with Crippen molar-refractivity contribution in [1.29, 1.82) is 0 Å². The summed E-state index contributed by atoms with van der Waals surface area (Å²) in [4.78, 5) is 28.0. The first kappa shape index (κ1) is 15.3. The van der Waals surface area contributed by atoms with Gasteiger partial charge in [0.25, 0.3) is 5.56 Å². The molecule has 1 heterocycles. The normalized spacial score (nSPS) is 10.8. The summed E-state index contributed by atoms with van der Waals surface area (Å²) >= 11 is 1.18. The first-order valence-corrected chi connectivity index (χ1v) is 7.35. The summed E-state index contributed by atoms with van der Waals surface area (Å²) in [7, 11) is 0. The van der Waals surface area contributed by atoms with Crippen LogP contribution in [-0.4, -0.2) is 20.6 Å². The maximum Gasteiger partial charge on any atom is 0.335 e. The van der Waals surface area contributed by atoms with Crippen LogP contribution in [0.5, 0.6) is 0 Å². The van der Waals surface area contributed by atoms with Crippen LogP contribution in [0.25, 0.3) is 0 Å². The van der Waals surface area contributed by atoms with Gasteiger partial charge in [-0.1, -0.05) is 31.7 Å². The largest absolute Gasteiger partial charge is 0.478 e. The Kier molecular flexibility index (Phi) is 4.80. The van der Waals surface area contributed by atoms with Crippen LogP contribution in [0.1, 0.15) is 24.2 Å². The molecule has 0 aliphatic carbocycles. The van der Waals surface area contributed by atoms with Crippen molar-refractivity contribution in [3.63, 3.8) is 0 Å². The van der Waals surface area contributed by atoms with Gasteiger partial charge < -0.3 is 9.67 Å². The van der Waals surface area contributed by atoms with Crippen molar-refractivity contribution in [2.75, 3.05) is 0 Å². The van der Waals surface area contributed by atoms with E-state index in [1.54, 1.807) is 29.1 Å². The summed E-state index contributed by atoms with van der Waals surface area (Å²) in [6, 6.07) is 6.47. The van der Waals surface area contributed by atoms with Crippen molar-refractivity contribution >= 4 is 17.7 Å². The fraction of sp³-hybridized carbons (Fsp3) is 0.267. The summed E-state index contributed by atoms with van der Waals surface area (Å²) in [5.74, 6) is -0.631. The summed E-state index contributed by atoms with van der Waals surface area (Å²) in [6.07, 6.45) is 3.26. The molecule has 0 spiro atoms. The predicted molar refractivity (Wildman–Crippen MR) is 80.9 cm³/mol. The van der Waals surface area contributed by atoms with E-state index in [9.17, 15) is 9.59 Å². The number of benzene rings is 1. The molecule has 1 aromatic heterocycles. The molecular formula is C15H16N2O3S. The SMILES string of the molecule is CC(C)Cn1ccnc(Sc2cccc(C(=O)O)c2)c1=O. The minimum atomic E-state index is -0.990. The molecule has 0 saturated heterocycles. The molecule has 5 nitrogen and oxygen atoms in total. The van der Waals surface area contributed by atoms with Crippen LogP contribution in [0, 0.1) is 5.92 Å². The molecule has 2 aromatic rings. The van der Waals surface area contributed by atoms with Gasteiger partial charge in [-0.2, -0.15) is 0 Å². The monoisotopic (exact) mass is 304 g/mol. The highest BCUT2D eigenvalue weighted by atomic mass is 32.2. The van der Waals surface area contributed by atoms with E-state index in [1.165, 1.54) is 23.9 Å². The average molecular weight is 304 g/mol. The Bertz CT molecular complexity index is 710. The topological polar surface area (TPSA) is 72.2 Å². The van der Waals surface area contributed by atoms with Crippen molar-refractivity contribution < 1.29 is 9.90 Å². The molecule has 6 heteroatoms. The van der Waals surface area contributed by atoms with Crippen LogP contribution >= 0.6 is 11.8 Å². The molecule has 110 valence electrons. The van der Waals surface area contributed by atoms with E-state index >= 15 is 0 Å². The van der Waals surface area contributed by atoms with Gasteiger partial charge in [0.1, 0.15) is 0 Å². The summed E-state index contributed by atoms with van der Waals surface area (Å²) in [5.41, 5.74) is 0.0374. The molecule has 0 amide bonds. The first-order valence-electron chi connectivity index (χ1n) is 6.54. The Morgan fingerprint density at radius 2 is 2.19 bits per heavy atom. The third kappa shape index (κ3) is 3.95. The molecule has 1 aromatic carbocycles. The van der Waals surface area contributed by atoms with Gasteiger partial charge in [0.2, 0.25) is 0 Å². The van der Waals surface area contributed by atoms with Crippen LogP contribution < -0.4 is 5.56 Å². The lowest BCUT2D eigenvalue weighted by atomic mass is 10.2. The van der Waals surface area contributed by atoms with E-state index in [0.29, 0.717) is 22.4 Å². The van der Waals surface area contributed by atoms with Crippen molar-refractivity contribution in [2.24, 2.45) is 5.92 Å². The number of hydrogen-bond donors (Lipinski definition) is 1. The van der Waals surface area contributed by atoms with Crippen molar-refractivity contribution in [1.82, 2.24) is 9.55 Å². The van der Waals surface area contributed by atoms with E-state index < -0.39 is 5.97 Å². The zero-order valence-corrected chi connectivity index (χ0v) is 12.6. The molecule has 0 atom stereocenters. The molecule has 0 bridgehead atoms. The average Bonchev–Trinajstić information content (AvgIpc) is 2.43. The van der Waals surface area contributed by atoms with Gasteiger partial charge in [-0.25, -0.2) is 9.78 Å². The van der Waals surface area contributed by atoms with Gasteiger partial charge in [0.05, 0.1) is 5.56 Å². The highest BCUT2D eigenvalue weighted by Crippen LogP contribution is 2.24. The van der Waals surface area contributed by atoms with Crippen LogP contribution in [-0.2, 0) is 6.54 Å². The second kappa shape index (κ2) is 6.58. The molecule has 0 saturated carbocycles. The van der Waals surface area contributed by atoms with E-state index in [1.807, 2.05) is 13.8 Å². The summed E-state index contributed by atoms with van der Waals surface area (Å²) < 4.78 is 1.63. The lowest BCUT2D eigenvalue weighted by Crippen LogP contribution is -2.23. The molecule has 2 rings (SSSR count). The molecule has 1 N–H and O–H groups in total. The summed E-state index contributed by atoms with van der Waals surface area (Å²) in [5, 5.41) is 9.33. The Balaban J connectivity index is 2.30. The first-order chi connectivity index (χ1) is 9.97. The minimum absolute atomic E-state index is 0.156. The standard InChI is InChI=1S/C15H16N2O3S/c1-10(2)9-17-7-6-16-13(14(17)18)21-12-5-3-4-11(8-12)15(19)20/h3-8,10H,9H2,1-2H3,(H,19,20). The third-order valence-corrected chi connectivity index (χ3v) is 3.70. The number of carbonyl (C=O) groups is 1. The van der Waals surface area contributed by atoms with Crippen molar-refractivity contribution in [3.05, 3.63) is 52.6 Å². The summed E-state index contributed by atoms with van der Waals surface area (Å²) in [6.45, 7) is 4.70. The minimum Gasteiger partial charge on any atom is -0.478 e. The predicted octanol–water partition coefficient (Wildman–Crippen LogP) is 2.75. The smallest absolute Gasteiger partial charge is 0.335 e. The fourth-order valence-electron chi connectivity index (χ4n) is 1.84. The Morgan fingerprint density at radius 1 is 1.43 bits per heavy atom. The Labute approximate surface area is 126 Å². The Morgan fingerprint density at radius 3 is 2.86 bits per heavy atom. The van der Waals surface area contributed by atoms with E-state index in [0.717, 1.165) is 0 Å². The number of carboxylic acids is 1. The number of carboxylic acid groups (broad SMARTS) is 1. The van der Waals surface area contributed by atoms with E-state index in [2.05, 4.69) is 4.98 Å². The molecule has 0 aliphatic rings. The van der Waals surface area contributed by atoms with Crippen LogP contribution in [0.3, 0.4) is 0 Å². The van der Waals surface area contributed by atoms with Crippen molar-refractivity contribution in [2.45, 2.75) is 30.3 Å². The zero-order valence-electron chi connectivity index (χ0n) is 11.8. The zero-order chi connectivity index (χ0) is 15.4. The fourth-order valence-corrected chi connectivity index (χ4v) is 2.71. The van der Waals surface area contributed by atoms with Gasteiger partial charge >= 0.3 is 5.97 Å². The van der Waals surface area contributed by atoms with Gasteiger partial charge in [0, 0.05) is 23.8 Å². The number of aromatic carboxylic acids is 1. The Hall–Kier alpha value is -2.08. The maximum absolute atomic E-state index is 12.3. The lowest BCUT2D eigenvalue weighted by Gasteiger charge is -2.09. The number of nitrogens with zero attached hydrogens (tertiary/aromatic N) is 2. The van der Waals surface area contributed by atoms with Crippen LogP contribution in [0.2, 0.25) is 0 Å². The number of rotatable bonds is 5. The van der Waals surface area contributed by atoms with Gasteiger partial charge in [-0.05, 0) is 24.1 Å². The van der Waals surface area contributed by atoms with E-state index in [-0.39, 0.29) is 11.1 Å². The molecule has 0 aliphatic heterocycles. The molecular weight excluding hydrogens is 288 g/mol. The van der Waals surface area contributed by atoms with E-state index in [4.69, 9.17) is 5.11 Å². The van der Waals surface area contributed by atoms with Crippen LogP contribution in [0.15, 0.2) is 51.4 Å². The van der Waals surface area contributed by atoms with Gasteiger partial charge in [0.15, 0.2) is 5.03 Å². The highest BCUT2D eigenvalue weighted by molar-refractivity contribution is 7.99. The third-order valence-electron chi connectivity index (χ3n) is 2.74. The number of aromatic nitrogens is 2. The molecule has 0 fully saturated rings. The molecule has 21 heavy (non-hydrogen) atoms. The highest BCUT2D eigenvalue weighted by Gasteiger charge is 2.10. The molecule has 0 radical (unpaired) electrons. The number of hydrogen-bond acceptors (Lipinski definition) is 4. The van der Waals surface area contributed by atoms with Gasteiger partial charge in [-0.3, -0.25) is 4.79 Å². The molecule has 0 unspecified atom stereocenters. The quantitative estimate of drug-likeness (QED) is 0.919. The lowest BCUT2D eigenvalue weighted by molar-refractivity contribution is 0.0696. The van der Waals surface area contributed by atoms with Gasteiger partial charge in [-0.15, -0.1) is 0 Å². The van der Waals surface area contributed by atoms with Crippen LogP contribution in [0.4, 0.5) is 0 Å². The van der Waals surface area contributed by atoms with Crippen molar-refractivity contribution in [3.8, 4) is 0 Å². The maximum atomic E-state index is 12.3.